The van der Waals surface area contributed by atoms with E-state index in [4.69, 9.17) is 4.74 Å². The molecular formula is C15H24N4OS. The minimum absolute atomic E-state index is 0.507. The van der Waals surface area contributed by atoms with Crippen molar-refractivity contribution in [3.05, 3.63) is 11.4 Å². The van der Waals surface area contributed by atoms with Crippen molar-refractivity contribution in [2.75, 3.05) is 25.5 Å². The molecule has 0 aromatic carbocycles. The van der Waals surface area contributed by atoms with E-state index in [-0.39, 0.29) is 0 Å². The fourth-order valence-electron chi connectivity index (χ4n) is 2.41. The van der Waals surface area contributed by atoms with Gasteiger partial charge in [0.05, 0.1) is 5.39 Å². The Labute approximate surface area is 130 Å². The van der Waals surface area contributed by atoms with E-state index in [2.05, 4.69) is 47.9 Å². The van der Waals surface area contributed by atoms with E-state index >= 15 is 0 Å². The summed E-state index contributed by atoms with van der Waals surface area (Å²) in [6.07, 6.45) is 0. The van der Waals surface area contributed by atoms with Gasteiger partial charge in [-0.05, 0) is 39.1 Å². The average molecular weight is 308 g/mol. The molecule has 0 aliphatic carbocycles. The lowest BCUT2D eigenvalue weighted by Crippen LogP contribution is -2.39. The van der Waals surface area contributed by atoms with Crippen LogP contribution >= 0.6 is 11.3 Å². The van der Waals surface area contributed by atoms with Crippen LogP contribution in [0.3, 0.4) is 0 Å². The van der Waals surface area contributed by atoms with Gasteiger partial charge in [0.2, 0.25) is 11.8 Å². The number of rotatable bonds is 7. The maximum absolute atomic E-state index is 5.92. The summed E-state index contributed by atoms with van der Waals surface area (Å²) in [7, 11) is 1.82. The van der Waals surface area contributed by atoms with Crippen molar-refractivity contribution in [3.8, 4) is 5.88 Å². The molecule has 0 radical (unpaired) electrons. The zero-order valence-corrected chi connectivity index (χ0v) is 14.2. The van der Waals surface area contributed by atoms with E-state index in [0.717, 1.165) is 16.8 Å². The van der Waals surface area contributed by atoms with Crippen molar-refractivity contribution < 1.29 is 4.74 Å². The van der Waals surface area contributed by atoms with Crippen LogP contribution in [0, 0.1) is 0 Å². The van der Waals surface area contributed by atoms with Crippen molar-refractivity contribution in [3.63, 3.8) is 0 Å². The molecule has 0 atom stereocenters. The lowest BCUT2D eigenvalue weighted by molar-refractivity contribution is 0.141. The summed E-state index contributed by atoms with van der Waals surface area (Å²) in [6, 6.07) is 3.03. The summed E-state index contributed by atoms with van der Waals surface area (Å²) in [5, 5.41) is 5.98. The van der Waals surface area contributed by atoms with Gasteiger partial charge in [-0.3, -0.25) is 4.90 Å². The molecule has 0 aliphatic rings. The highest BCUT2D eigenvalue weighted by molar-refractivity contribution is 7.16. The number of hydrogen-bond acceptors (Lipinski definition) is 6. The molecular weight excluding hydrogens is 284 g/mol. The van der Waals surface area contributed by atoms with Gasteiger partial charge in [-0.25, -0.2) is 4.98 Å². The number of hydrogen-bond donors (Lipinski definition) is 1. The van der Waals surface area contributed by atoms with Crippen LogP contribution in [-0.2, 0) is 0 Å². The van der Waals surface area contributed by atoms with Gasteiger partial charge in [0, 0.05) is 25.7 Å². The van der Waals surface area contributed by atoms with Crippen LogP contribution in [0.2, 0.25) is 0 Å². The Kier molecular flexibility index (Phi) is 5.36. The first-order valence-electron chi connectivity index (χ1n) is 7.34. The molecule has 0 saturated carbocycles. The summed E-state index contributed by atoms with van der Waals surface area (Å²) in [4.78, 5) is 12.2. The lowest BCUT2D eigenvalue weighted by Gasteiger charge is -2.30. The second-order valence-electron chi connectivity index (χ2n) is 5.52. The molecule has 5 nitrogen and oxygen atoms in total. The SMILES string of the molecule is CNc1nc(OCCN(C(C)C)C(C)C)c2ccsc2n1. The molecule has 2 aromatic heterocycles. The highest BCUT2D eigenvalue weighted by Crippen LogP contribution is 2.28. The van der Waals surface area contributed by atoms with Gasteiger partial charge in [-0.1, -0.05) is 0 Å². The molecule has 0 spiro atoms. The Morgan fingerprint density at radius 2 is 1.95 bits per heavy atom. The first-order chi connectivity index (χ1) is 10.0. The van der Waals surface area contributed by atoms with Crippen LogP contribution < -0.4 is 10.1 Å². The normalized spacial score (nSPS) is 11.8. The van der Waals surface area contributed by atoms with Gasteiger partial charge in [-0.2, -0.15) is 4.98 Å². The first kappa shape index (κ1) is 16.0. The summed E-state index contributed by atoms with van der Waals surface area (Å²) in [5.41, 5.74) is 0. The summed E-state index contributed by atoms with van der Waals surface area (Å²) in [6.45, 7) is 10.4. The molecule has 2 rings (SSSR count). The number of aromatic nitrogens is 2. The number of fused-ring (bicyclic) bond motifs is 1. The first-order valence-corrected chi connectivity index (χ1v) is 8.22. The smallest absolute Gasteiger partial charge is 0.227 e. The Balaban J connectivity index is 2.07. The van der Waals surface area contributed by atoms with Crippen molar-refractivity contribution >= 4 is 27.5 Å². The zero-order chi connectivity index (χ0) is 15.4. The third kappa shape index (κ3) is 3.83. The third-order valence-corrected chi connectivity index (χ3v) is 4.24. The molecule has 0 unspecified atom stereocenters. The molecule has 2 aromatic rings. The Hall–Kier alpha value is -1.40. The molecule has 21 heavy (non-hydrogen) atoms. The molecule has 0 bridgehead atoms. The van der Waals surface area contributed by atoms with E-state index in [9.17, 15) is 0 Å². The minimum atomic E-state index is 0.507. The predicted molar refractivity (Wildman–Crippen MR) is 89.4 cm³/mol. The molecule has 0 aliphatic heterocycles. The summed E-state index contributed by atoms with van der Waals surface area (Å²) in [5.74, 6) is 1.27. The fraction of sp³-hybridized carbons (Fsp3) is 0.600. The number of nitrogens with one attached hydrogen (secondary N) is 1. The van der Waals surface area contributed by atoms with E-state index in [1.165, 1.54) is 0 Å². The standard InChI is InChI=1S/C15H24N4OS/c1-10(2)19(11(3)4)7-8-20-13-12-6-9-21-14(12)18-15(16-5)17-13/h6,9-11H,7-8H2,1-5H3,(H,16,17,18). The molecule has 116 valence electrons. The molecule has 0 amide bonds. The van der Waals surface area contributed by atoms with Crippen molar-refractivity contribution in [2.45, 2.75) is 39.8 Å². The predicted octanol–water partition coefficient (Wildman–Crippen LogP) is 3.23. The van der Waals surface area contributed by atoms with E-state index in [1.807, 2.05) is 18.5 Å². The van der Waals surface area contributed by atoms with Gasteiger partial charge in [0.25, 0.3) is 0 Å². The van der Waals surface area contributed by atoms with Crippen LogP contribution in [0.25, 0.3) is 10.2 Å². The van der Waals surface area contributed by atoms with E-state index in [0.29, 0.717) is 30.5 Å². The van der Waals surface area contributed by atoms with E-state index in [1.54, 1.807) is 11.3 Å². The molecule has 0 saturated heterocycles. The van der Waals surface area contributed by atoms with Crippen molar-refractivity contribution in [2.24, 2.45) is 0 Å². The van der Waals surface area contributed by atoms with Crippen LogP contribution in [-0.4, -0.2) is 47.2 Å². The van der Waals surface area contributed by atoms with Gasteiger partial charge in [-0.15, -0.1) is 11.3 Å². The molecule has 6 heteroatoms. The van der Waals surface area contributed by atoms with Crippen molar-refractivity contribution in [1.82, 2.24) is 14.9 Å². The molecule has 2 heterocycles. The Bertz CT molecular complexity index is 574. The topological polar surface area (TPSA) is 50.3 Å². The van der Waals surface area contributed by atoms with Gasteiger partial charge in [0.1, 0.15) is 11.4 Å². The fourth-order valence-corrected chi connectivity index (χ4v) is 3.16. The monoisotopic (exact) mass is 308 g/mol. The second-order valence-corrected chi connectivity index (χ2v) is 6.41. The summed E-state index contributed by atoms with van der Waals surface area (Å²) < 4.78 is 5.92. The highest BCUT2D eigenvalue weighted by Gasteiger charge is 2.14. The average Bonchev–Trinajstić information content (AvgIpc) is 2.90. The van der Waals surface area contributed by atoms with Crippen molar-refractivity contribution in [1.29, 1.82) is 0 Å². The molecule has 1 N–H and O–H groups in total. The van der Waals surface area contributed by atoms with Crippen LogP contribution in [0.1, 0.15) is 27.7 Å². The second kappa shape index (κ2) is 7.04. The minimum Gasteiger partial charge on any atom is -0.476 e. The van der Waals surface area contributed by atoms with Gasteiger partial charge >= 0.3 is 0 Å². The van der Waals surface area contributed by atoms with Gasteiger partial charge in [0.15, 0.2) is 0 Å². The molecule has 0 fully saturated rings. The number of anilines is 1. The third-order valence-electron chi connectivity index (χ3n) is 3.43. The number of ether oxygens (including phenoxy) is 1. The van der Waals surface area contributed by atoms with Gasteiger partial charge < -0.3 is 10.1 Å². The van der Waals surface area contributed by atoms with Crippen LogP contribution in [0.5, 0.6) is 5.88 Å². The van der Waals surface area contributed by atoms with E-state index < -0.39 is 0 Å². The summed E-state index contributed by atoms with van der Waals surface area (Å²) >= 11 is 1.60. The largest absolute Gasteiger partial charge is 0.476 e. The zero-order valence-electron chi connectivity index (χ0n) is 13.4. The Morgan fingerprint density at radius 1 is 1.24 bits per heavy atom. The van der Waals surface area contributed by atoms with Crippen LogP contribution in [0.15, 0.2) is 11.4 Å². The van der Waals surface area contributed by atoms with Crippen LogP contribution in [0.4, 0.5) is 5.95 Å². The Morgan fingerprint density at radius 3 is 2.57 bits per heavy atom. The maximum atomic E-state index is 5.92. The quantitative estimate of drug-likeness (QED) is 0.851. The maximum Gasteiger partial charge on any atom is 0.227 e. The lowest BCUT2D eigenvalue weighted by atomic mass is 10.2. The number of thiophene rings is 1. The highest BCUT2D eigenvalue weighted by atomic mass is 32.1. The number of nitrogens with zero attached hydrogens (tertiary/aromatic N) is 3.